The molecule has 0 aromatic heterocycles. The predicted octanol–water partition coefficient (Wildman–Crippen LogP) is 3.60. The molecule has 2 amide bonds. The van der Waals surface area contributed by atoms with Crippen molar-refractivity contribution in [2.24, 2.45) is 0 Å². The van der Waals surface area contributed by atoms with E-state index in [9.17, 15) is 18.0 Å². The van der Waals surface area contributed by atoms with Gasteiger partial charge in [-0.25, -0.2) is 8.42 Å². The molecular weight excluding hydrogens is 518 g/mol. The van der Waals surface area contributed by atoms with E-state index in [2.05, 4.69) is 5.32 Å². The lowest BCUT2D eigenvalue weighted by atomic mass is 10.1. The number of halogens is 1. The number of nitrogens with one attached hydrogen (secondary N) is 1. The quantitative estimate of drug-likeness (QED) is 0.432. The molecule has 1 heterocycles. The van der Waals surface area contributed by atoms with E-state index in [4.69, 9.17) is 21.1 Å². The van der Waals surface area contributed by atoms with Crippen molar-refractivity contribution in [1.82, 2.24) is 10.2 Å². The van der Waals surface area contributed by atoms with Crippen LogP contribution in [-0.4, -0.2) is 63.7 Å². The maximum Gasteiger partial charge on any atom is 0.242 e. The highest BCUT2D eigenvalue weighted by Crippen LogP contribution is 2.34. The van der Waals surface area contributed by atoms with Gasteiger partial charge in [0, 0.05) is 37.1 Å². The molecule has 0 saturated carbocycles. The minimum atomic E-state index is -3.62. The lowest BCUT2D eigenvalue weighted by Crippen LogP contribution is -2.47. The smallest absolute Gasteiger partial charge is 0.242 e. The number of anilines is 1. The third-order valence-corrected chi connectivity index (χ3v) is 7.39. The Morgan fingerprint density at radius 1 is 1.08 bits per heavy atom. The second-order valence-corrected chi connectivity index (χ2v) is 11.2. The molecule has 0 fully saturated rings. The second-order valence-electron chi connectivity index (χ2n) is 8.88. The summed E-state index contributed by atoms with van der Waals surface area (Å²) in [6, 6.07) is 11.4. The van der Waals surface area contributed by atoms with E-state index < -0.39 is 16.1 Å². The molecule has 1 aliphatic rings. The Bertz CT molecular complexity index is 1190. The average Bonchev–Trinajstić information content (AvgIpc) is 2.87. The number of ether oxygens (including phenoxy) is 2. The van der Waals surface area contributed by atoms with Crippen LogP contribution in [-0.2, 0) is 26.2 Å². The molecule has 1 N–H and O–H groups in total. The molecule has 0 saturated heterocycles. The SMILES string of the molecule is CCCNC(=O)C(C)N(Cc1ccc(Cl)cc1)C(=O)CCCN(c1ccc2c(c1)OCCO2)S(C)(=O)=O. The number of benzene rings is 2. The van der Waals surface area contributed by atoms with Gasteiger partial charge in [-0.3, -0.25) is 13.9 Å². The van der Waals surface area contributed by atoms with Crippen LogP contribution in [0.2, 0.25) is 5.02 Å². The van der Waals surface area contributed by atoms with Gasteiger partial charge in [-0.2, -0.15) is 0 Å². The number of carbonyl (C=O) groups is 2. The lowest BCUT2D eigenvalue weighted by Gasteiger charge is -2.29. The van der Waals surface area contributed by atoms with Gasteiger partial charge >= 0.3 is 0 Å². The Kier molecular flexibility index (Phi) is 10.0. The van der Waals surface area contributed by atoms with Crippen molar-refractivity contribution in [2.45, 2.75) is 45.7 Å². The fourth-order valence-electron chi connectivity index (χ4n) is 3.96. The monoisotopic (exact) mass is 551 g/mol. The molecule has 37 heavy (non-hydrogen) atoms. The molecule has 0 aliphatic carbocycles. The summed E-state index contributed by atoms with van der Waals surface area (Å²) < 4.78 is 37.5. The van der Waals surface area contributed by atoms with E-state index >= 15 is 0 Å². The van der Waals surface area contributed by atoms with Crippen LogP contribution in [0.5, 0.6) is 11.5 Å². The second kappa shape index (κ2) is 13.0. The fraction of sp³-hybridized carbons (Fsp3) is 0.462. The van der Waals surface area contributed by atoms with E-state index in [1.165, 1.54) is 9.21 Å². The zero-order chi connectivity index (χ0) is 27.0. The van der Waals surface area contributed by atoms with Gasteiger partial charge in [-0.15, -0.1) is 0 Å². The number of fused-ring (bicyclic) bond motifs is 1. The molecule has 11 heteroatoms. The number of carbonyl (C=O) groups excluding carboxylic acids is 2. The van der Waals surface area contributed by atoms with Crippen LogP contribution in [0.3, 0.4) is 0 Å². The highest BCUT2D eigenvalue weighted by atomic mass is 35.5. The van der Waals surface area contributed by atoms with Gasteiger partial charge in [0.25, 0.3) is 0 Å². The highest BCUT2D eigenvalue weighted by molar-refractivity contribution is 7.92. The number of sulfonamides is 1. The summed E-state index contributed by atoms with van der Waals surface area (Å²) in [4.78, 5) is 27.5. The minimum absolute atomic E-state index is 0.0650. The van der Waals surface area contributed by atoms with E-state index in [0.29, 0.717) is 42.0 Å². The Labute approximate surface area is 223 Å². The fourth-order valence-corrected chi connectivity index (χ4v) is 5.04. The summed E-state index contributed by atoms with van der Waals surface area (Å²) in [5.41, 5.74) is 1.27. The van der Waals surface area contributed by atoms with E-state index in [-0.39, 0.29) is 37.7 Å². The Balaban J connectivity index is 1.72. The Morgan fingerprint density at radius 3 is 2.41 bits per heavy atom. The molecule has 0 bridgehead atoms. The lowest BCUT2D eigenvalue weighted by molar-refractivity contribution is -0.140. The number of nitrogens with zero attached hydrogens (tertiary/aromatic N) is 2. The van der Waals surface area contributed by atoms with E-state index in [1.807, 2.05) is 19.1 Å². The van der Waals surface area contributed by atoms with Crippen molar-refractivity contribution in [2.75, 3.05) is 36.9 Å². The van der Waals surface area contributed by atoms with Crippen molar-refractivity contribution in [3.8, 4) is 11.5 Å². The van der Waals surface area contributed by atoms with Gasteiger partial charge in [0.15, 0.2) is 11.5 Å². The first-order chi connectivity index (χ1) is 17.6. The number of hydrogen-bond donors (Lipinski definition) is 1. The van der Waals surface area contributed by atoms with Crippen molar-refractivity contribution >= 4 is 39.1 Å². The Morgan fingerprint density at radius 2 is 1.76 bits per heavy atom. The van der Waals surface area contributed by atoms with Gasteiger partial charge < -0.3 is 19.7 Å². The number of rotatable bonds is 12. The normalized spacial score (nSPS) is 13.5. The summed E-state index contributed by atoms with van der Waals surface area (Å²) >= 11 is 5.99. The summed E-state index contributed by atoms with van der Waals surface area (Å²) in [6.45, 7) is 5.31. The zero-order valence-electron chi connectivity index (χ0n) is 21.4. The first-order valence-electron chi connectivity index (χ1n) is 12.3. The minimum Gasteiger partial charge on any atom is -0.486 e. The summed E-state index contributed by atoms with van der Waals surface area (Å²) in [6.07, 6.45) is 2.24. The molecule has 0 spiro atoms. The molecule has 0 radical (unpaired) electrons. The maximum atomic E-state index is 13.3. The first-order valence-corrected chi connectivity index (χ1v) is 14.5. The third kappa shape index (κ3) is 8.00. The van der Waals surface area contributed by atoms with Gasteiger partial charge in [-0.1, -0.05) is 30.7 Å². The van der Waals surface area contributed by atoms with E-state index in [1.54, 1.807) is 37.3 Å². The molecular formula is C26H34ClN3O6S. The van der Waals surface area contributed by atoms with Gasteiger partial charge in [0.05, 0.1) is 11.9 Å². The highest BCUT2D eigenvalue weighted by Gasteiger charge is 2.27. The predicted molar refractivity (Wildman–Crippen MR) is 144 cm³/mol. The molecule has 1 atom stereocenters. The van der Waals surface area contributed by atoms with Crippen LogP contribution in [0.4, 0.5) is 5.69 Å². The number of amides is 2. The maximum absolute atomic E-state index is 13.3. The van der Waals surface area contributed by atoms with Crippen molar-refractivity contribution in [1.29, 1.82) is 0 Å². The van der Waals surface area contributed by atoms with Gasteiger partial charge in [0.2, 0.25) is 21.8 Å². The molecule has 1 unspecified atom stereocenters. The standard InChI is InChI=1S/C26H34ClN3O6S/c1-4-13-28-26(32)19(2)29(18-20-7-9-21(27)10-8-20)25(31)6-5-14-30(37(3,33)34)22-11-12-23-24(17-22)36-16-15-35-23/h7-12,17,19H,4-6,13-16,18H2,1-3H3,(H,28,32). The van der Waals surface area contributed by atoms with Crippen LogP contribution >= 0.6 is 11.6 Å². The van der Waals surface area contributed by atoms with Crippen LogP contribution < -0.4 is 19.1 Å². The van der Waals surface area contributed by atoms with Crippen molar-refractivity contribution in [3.63, 3.8) is 0 Å². The average molecular weight is 552 g/mol. The Hall–Kier alpha value is -2.98. The van der Waals surface area contributed by atoms with E-state index in [0.717, 1.165) is 18.2 Å². The van der Waals surface area contributed by atoms with Gasteiger partial charge in [-0.05, 0) is 49.6 Å². The molecule has 2 aromatic rings. The van der Waals surface area contributed by atoms with Crippen molar-refractivity contribution in [3.05, 3.63) is 53.1 Å². The summed E-state index contributed by atoms with van der Waals surface area (Å²) in [7, 11) is -3.62. The summed E-state index contributed by atoms with van der Waals surface area (Å²) in [5.74, 6) is 0.560. The molecule has 2 aromatic carbocycles. The van der Waals surface area contributed by atoms with Crippen LogP contribution in [0.25, 0.3) is 0 Å². The van der Waals surface area contributed by atoms with Crippen LogP contribution in [0.1, 0.15) is 38.7 Å². The largest absolute Gasteiger partial charge is 0.486 e. The number of hydrogen-bond acceptors (Lipinski definition) is 6. The van der Waals surface area contributed by atoms with Crippen molar-refractivity contribution < 1.29 is 27.5 Å². The zero-order valence-corrected chi connectivity index (χ0v) is 23.0. The first kappa shape index (κ1) is 28.6. The molecule has 1 aliphatic heterocycles. The molecule has 9 nitrogen and oxygen atoms in total. The van der Waals surface area contributed by atoms with Crippen LogP contribution in [0, 0.1) is 0 Å². The topological polar surface area (TPSA) is 105 Å². The molecule has 202 valence electrons. The third-order valence-electron chi connectivity index (χ3n) is 5.95. The van der Waals surface area contributed by atoms with Gasteiger partial charge in [0.1, 0.15) is 19.3 Å². The molecule has 3 rings (SSSR count). The van der Waals surface area contributed by atoms with Crippen LogP contribution in [0.15, 0.2) is 42.5 Å². The summed E-state index contributed by atoms with van der Waals surface area (Å²) in [5, 5.41) is 3.42.